The summed E-state index contributed by atoms with van der Waals surface area (Å²) in [5.74, 6) is 2.63. The molecule has 0 aliphatic carbocycles. The van der Waals surface area contributed by atoms with Gasteiger partial charge < -0.3 is 32.8 Å². The Kier molecular flexibility index (Phi) is 20.9. The Morgan fingerprint density at radius 3 is 1.66 bits per heavy atom. The van der Waals surface area contributed by atoms with Crippen LogP contribution in [0.4, 0.5) is 0 Å². The summed E-state index contributed by atoms with van der Waals surface area (Å²) in [5.41, 5.74) is 3.61. The van der Waals surface area contributed by atoms with Gasteiger partial charge in [-0.25, -0.2) is 10.2 Å². The minimum atomic E-state index is -2.98. The number of rotatable bonds is 18. The van der Waals surface area contributed by atoms with Gasteiger partial charge in [-0.1, -0.05) is 48.0 Å². The van der Waals surface area contributed by atoms with E-state index < -0.39 is 15.0 Å². The maximum absolute atomic E-state index is 12.9. The highest BCUT2D eigenvalue weighted by Gasteiger charge is 2.23. The molecule has 2 aromatic heterocycles. The zero-order valence-electron chi connectivity index (χ0n) is 30.6. The second kappa shape index (κ2) is 23.0. The van der Waals surface area contributed by atoms with Crippen LogP contribution in [0.1, 0.15) is 96.3 Å². The van der Waals surface area contributed by atoms with Crippen molar-refractivity contribution in [1.82, 2.24) is 10.2 Å². The van der Waals surface area contributed by atoms with E-state index in [4.69, 9.17) is 27.9 Å². The average Bonchev–Trinajstić information content (AvgIpc) is 3.71. The maximum Gasteiger partial charge on any atom is 0.270 e. The predicted octanol–water partition coefficient (Wildman–Crippen LogP) is 10.1. The van der Waals surface area contributed by atoms with E-state index in [0.717, 1.165) is 60.4 Å². The molecule has 0 saturated carbocycles. The molecule has 0 spiro atoms. The fraction of sp³-hybridized carbons (Fsp3) is 0.568. The normalized spacial score (nSPS) is 13.3. The lowest BCUT2D eigenvalue weighted by molar-refractivity contribution is 0.250. The molecule has 2 atom stereocenters. The lowest BCUT2D eigenvalue weighted by Gasteiger charge is -2.18. The molecule has 0 amide bonds. The van der Waals surface area contributed by atoms with Crippen LogP contribution in [-0.4, -0.2) is 49.6 Å². The summed E-state index contributed by atoms with van der Waals surface area (Å²) in [6.07, 6.45) is 6.43. The van der Waals surface area contributed by atoms with Crippen LogP contribution in [0.15, 0.2) is 45.2 Å². The highest BCUT2D eigenvalue weighted by atomic mass is 31.2. The Balaban J connectivity index is 0.000000409. The van der Waals surface area contributed by atoms with Crippen molar-refractivity contribution < 1.29 is 42.0 Å². The Bertz CT molecular complexity index is 1630. The molecule has 2 heterocycles. The second-order valence-electron chi connectivity index (χ2n) is 12.0. The summed E-state index contributed by atoms with van der Waals surface area (Å²) in [6.45, 7) is 13.6. The summed E-state index contributed by atoms with van der Waals surface area (Å²) >= 11 is 0. The van der Waals surface area contributed by atoms with Crippen molar-refractivity contribution >= 4 is 37.0 Å². The third-order valence-corrected chi connectivity index (χ3v) is 11.2. The Hall–Kier alpha value is -2.62. The molecule has 4 N–H and O–H groups in total. The van der Waals surface area contributed by atoms with Gasteiger partial charge in [0, 0.05) is 36.2 Å². The molecule has 0 fully saturated rings. The number of ether oxygens (including phenoxy) is 2. The van der Waals surface area contributed by atoms with Crippen LogP contribution < -0.4 is 19.6 Å². The molecule has 0 radical (unpaired) electrons. The van der Waals surface area contributed by atoms with Crippen molar-refractivity contribution in [2.75, 3.05) is 39.6 Å². The summed E-state index contributed by atoms with van der Waals surface area (Å²) < 4.78 is 51.7. The molecule has 13 heteroatoms. The van der Waals surface area contributed by atoms with Crippen LogP contribution in [0.2, 0.25) is 0 Å². The fourth-order valence-corrected chi connectivity index (χ4v) is 8.32. The molecule has 2 unspecified atom stereocenters. The molecule has 2 aromatic carbocycles. The molecule has 0 saturated heterocycles. The topological polar surface area (TPSA) is 153 Å². The minimum absolute atomic E-state index is 0. The average molecular weight is 741 g/mol. The number of furan rings is 2. The molecule has 284 valence electrons. The van der Waals surface area contributed by atoms with Crippen LogP contribution in [0.25, 0.3) is 21.9 Å². The van der Waals surface area contributed by atoms with Gasteiger partial charge in [0.25, 0.3) is 15.0 Å². The van der Waals surface area contributed by atoms with Crippen molar-refractivity contribution in [1.29, 1.82) is 0 Å². The van der Waals surface area contributed by atoms with Crippen molar-refractivity contribution in [2.24, 2.45) is 0 Å². The van der Waals surface area contributed by atoms with Crippen LogP contribution in [0.3, 0.4) is 0 Å². The van der Waals surface area contributed by atoms with Crippen molar-refractivity contribution in [3.63, 3.8) is 0 Å². The number of unbranched alkanes of at least 4 members (excludes halogenated alkanes) is 2. The molecule has 0 aliphatic heterocycles. The number of fused-ring (bicyclic) bond motifs is 2. The van der Waals surface area contributed by atoms with Gasteiger partial charge >= 0.3 is 0 Å². The van der Waals surface area contributed by atoms with Gasteiger partial charge in [0.05, 0.1) is 14.2 Å². The Morgan fingerprint density at radius 1 is 0.700 bits per heavy atom. The van der Waals surface area contributed by atoms with Gasteiger partial charge in [-0.2, -0.15) is 0 Å². The number of nitrogens with one attached hydrogen (secondary N) is 2. The quantitative estimate of drug-likeness (QED) is 0.0721. The van der Waals surface area contributed by atoms with Gasteiger partial charge in [-0.3, -0.25) is 9.13 Å². The molecular weight excluding hydrogens is 678 g/mol. The van der Waals surface area contributed by atoms with E-state index >= 15 is 0 Å². The first-order chi connectivity index (χ1) is 23.4. The smallest absolute Gasteiger partial charge is 0.270 e. The highest BCUT2D eigenvalue weighted by Crippen LogP contribution is 2.44. The first-order valence-corrected chi connectivity index (χ1v) is 20.8. The van der Waals surface area contributed by atoms with E-state index in [1.807, 2.05) is 71.0 Å². The lowest BCUT2D eigenvalue weighted by Crippen LogP contribution is -2.16. The van der Waals surface area contributed by atoms with Crippen LogP contribution in [-0.2, 0) is 26.9 Å². The zero-order chi connectivity index (χ0) is 36.5. The molecule has 50 heavy (non-hydrogen) atoms. The maximum atomic E-state index is 12.9. The van der Waals surface area contributed by atoms with Crippen LogP contribution >= 0.6 is 15.0 Å². The summed E-state index contributed by atoms with van der Waals surface area (Å²) in [4.78, 5) is 9.22. The van der Waals surface area contributed by atoms with Gasteiger partial charge in [-0.15, -0.1) is 0 Å². The minimum Gasteiger partial charge on any atom is -0.493 e. The van der Waals surface area contributed by atoms with E-state index in [1.165, 1.54) is 0 Å². The molecule has 11 nitrogen and oxygen atoms in total. The summed E-state index contributed by atoms with van der Waals surface area (Å²) in [5, 5.41) is 16.6. The number of methoxy groups -OCH3 is 2. The monoisotopic (exact) mass is 740 g/mol. The first-order valence-electron chi connectivity index (χ1n) is 17.2. The third-order valence-electron chi connectivity index (χ3n) is 7.40. The van der Waals surface area contributed by atoms with Gasteiger partial charge in [0.1, 0.15) is 24.7 Å². The van der Waals surface area contributed by atoms with Crippen molar-refractivity contribution in [2.45, 2.75) is 101 Å². The zero-order valence-corrected chi connectivity index (χ0v) is 32.4. The lowest BCUT2D eigenvalue weighted by atomic mass is 10.1. The van der Waals surface area contributed by atoms with E-state index in [9.17, 15) is 14.0 Å². The highest BCUT2D eigenvalue weighted by molar-refractivity contribution is 7.56. The summed E-state index contributed by atoms with van der Waals surface area (Å²) in [6, 6.07) is 11.6. The molecule has 0 aliphatic rings. The first kappa shape index (κ1) is 45.4. The summed E-state index contributed by atoms with van der Waals surface area (Å²) in [7, 11) is -2.57. The Morgan fingerprint density at radius 2 is 1.18 bits per heavy atom. The predicted molar refractivity (Wildman–Crippen MR) is 206 cm³/mol. The Labute approximate surface area is 299 Å². The van der Waals surface area contributed by atoms with Crippen LogP contribution in [0, 0.1) is 13.8 Å². The largest absolute Gasteiger partial charge is 0.493 e. The molecule has 0 bridgehead atoms. The van der Waals surface area contributed by atoms with E-state index in [0.29, 0.717) is 59.6 Å². The second-order valence-corrected chi connectivity index (χ2v) is 16.5. The fourth-order valence-electron chi connectivity index (χ4n) is 4.83. The number of benzene rings is 2. The molecule has 4 rings (SSSR count). The van der Waals surface area contributed by atoms with E-state index in [1.54, 1.807) is 14.2 Å². The van der Waals surface area contributed by atoms with Crippen molar-refractivity contribution in [3.8, 4) is 11.5 Å². The third kappa shape index (κ3) is 14.9. The van der Waals surface area contributed by atoms with Gasteiger partial charge in [0.15, 0.2) is 22.7 Å². The van der Waals surface area contributed by atoms with Crippen LogP contribution in [0.5, 0.6) is 11.5 Å². The SMILES string of the molecule is C.CCCCP(=O)(NCCC)OCc1cc2cc(C)cc(OC)c2o1.CCCCP(=O)(O)NCCC.COc1cc(C)cc2cc(CO)oc12. The van der Waals surface area contributed by atoms with E-state index in [2.05, 4.69) is 17.1 Å². The molecular formula is C37H62N2O9P2. The number of hydrogen-bond donors (Lipinski definition) is 4. The number of aryl methyl sites for hydroxylation is 2. The van der Waals surface area contributed by atoms with E-state index in [-0.39, 0.29) is 20.6 Å². The number of hydrogen-bond acceptors (Lipinski definition) is 8. The van der Waals surface area contributed by atoms with Gasteiger partial charge in [-0.05, 0) is 87.1 Å². The molecule has 4 aromatic rings. The number of aliphatic hydroxyl groups is 1. The standard InChI is InChI=1S/C18H28NO4P.C11H12O3.C7H18NO2P.CH4/c1-5-7-9-24(20,19-8-6-2)22-13-16-12-15-10-14(3)11-17(21-4)18(15)23-16;1-7-3-8-5-9(6-12)14-11(8)10(4-7)13-2;1-3-5-7-11(9,10)8-6-4-2;/h10-12H,5-9,13H2,1-4H3,(H,19,20);3-5,12H,6H2,1-2H3;3-7H2,1-2H3,(H2,8,9,10);1H4. The number of aliphatic hydroxyl groups excluding tert-OH is 1. The van der Waals surface area contributed by atoms with Gasteiger partial charge in [0.2, 0.25) is 0 Å². The van der Waals surface area contributed by atoms with Crippen molar-refractivity contribution in [3.05, 3.63) is 59.0 Å².